The predicted molar refractivity (Wildman–Crippen MR) is 75.4 cm³/mol. The van der Waals surface area contributed by atoms with Crippen molar-refractivity contribution < 1.29 is 4.39 Å². The van der Waals surface area contributed by atoms with Crippen LogP contribution >= 0.6 is 12.4 Å². The van der Waals surface area contributed by atoms with E-state index in [1.807, 2.05) is 13.0 Å². The average molecular weight is 273 g/mol. The first kappa shape index (κ1) is 15.4. The number of hydrogen-bond donors (Lipinski definition) is 1. The topological polar surface area (TPSA) is 29.3 Å². The number of hydrogen-bond acceptors (Lipinski definition) is 2. The molecule has 0 radical (unpaired) electrons. The Morgan fingerprint density at radius 2 is 2.11 bits per heavy atom. The number of benzene rings is 1. The fourth-order valence-corrected chi connectivity index (χ4v) is 2.41. The van der Waals surface area contributed by atoms with E-state index in [0.717, 1.165) is 23.6 Å². The van der Waals surface area contributed by atoms with Crippen LogP contribution in [0.15, 0.2) is 18.2 Å². The van der Waals surface area contributed by atoms with Gasteiger partial charge >= 0.3 is 0 Å². The first-order valence-corrected chi connectivity index (χ1v) is 6.27. The monoisotopic (exact) mass is 272 g/mol. The van der Waals surface area contributed by atoms with Gasteiger partial charge in [-0.05, 0) is 56.0 Å². The summed E-state index contributed by atoms with van der Waals surface area (Å²) in [5.74, 6) is 0.591. The summed E-state index contributed by atoms with van der Waals surface area (Å²) in [6.07, 6.45) is 2.57. The second-order valence-electron chi connectivity index (χ2n) is 5.13. The van der Waals surface area contributed by atoms with Crippen LogP contribution in [-0.2, 0) is 6.54 Å². The molecule has 1 atom stereocenters. The molecule has 2 N–H and O–H groups in total. The van der Waals surface area contributed by atoms with Crippen LogP contribution in [0.1, 0.15) is 24.0 Å². The molecule has 0 aromatic heterocycles. The highest BCUT2D eigenvalue weighted by atomic mass is 35.5. The van der Waals surface area contributed by atoms with E-state index in [9.17, 15) is 4.39 Å². The molecule has 1 aromatic rings. The normalized spacial score (nSPS) is 16.5. The molecule has 1 aromatic carbocycles. The van der Waals surface area contributed by atoms with Gasteiger partial charge in [0.15, 0.2) is 0 Å². The number of nitrogens with two attached hydrogens (primary N) is 1. The summed E-state index contributed by atoms with van der Waals surface area (Å²) in [5, 5.41) is 0. The van der Waals surface area contributed by atoms with Gasteiger partial charge in [0.25, 0.3) is 0 Å². The third-order valence-corrected chi connectivity index (χ3v) is 3.70. The van der Waals surface area contributed by atoms with Gasteiger partial charge in [-0.3, -0.25) is 4.90 Å². The summed E-state index contributed by atoms with van der Waals surface area (Å²) in [5.41, 5.74) is 8.03. The fourth-order valence-electron chi connectivity index (χ4n) is 2.41. The highest BCUT2D eigenvalue weighted by Gasteiger charge is 2.32. The van der Waals surface area contributed by atoms with Crippen molar-refractivity contribution in [3.63, 3.8) is 0 Å². The van der Waals surface area contributed by atoms with E-state index >= 15 is 0 Å². The van der Waals surface area contributed by atoms with Crippen LogP contribution < -0.4 is 5.73 Å². The van der Waals surface area contributed by atoms with Crippen LogP contribution in [0, 0.1) is 18.7 Å². The van der Waals surface area contributed by atoms with Gasteiger partial charge in [0.2, 0.25) is 0 Å². The van der Waals surface area contributed by atoms with E-state index in [1.54, 1.807) is 6.07 Å². The maximum Gasteiger partial charge on any atom is 0.123 e. The first-order valence-electron chi connectivity index (χ1n) is 6.27. The molecule has 1 saturated carbocycles. The molecule has 2 rings (SSSR count). The predicted octanol–water partition coefficient (Wildman–Crippen LogP) is 2.73. The highest BCUT2D eigenvalue weighted by Crippen LogP contribution is 2.35. The Balaban J connectivity index is 0.00000162. The molecule has 0 saturated heterocycles. The minimum atomic E-state index is -0.158. The zero-order chi connectivity index (χ0) is 12.4. The van der Waals surface area contributed by atoms with Crippen molar-refractivity contribution in [1.82, 2.24) is 4.90 Å². The molecule has 0 bridgehead atoms. The van der Waals surface area contributed by atoms with Gasteiger partial charge in [-0.15, -0.1) is 12.4 Å². The van der Waals surface area contributed by atoms with Gasteiger partial charge in [-0.1, -0.05) is 6.07 Å². The van der Waals surface area contributed by atoms with Crippen molar-refractivity contribution in [2.75, 3.05) is 13.6 Å². The average Bonchev–Trinajstić information content (AvgIpc) is 3.09. The second-order valence-corrected chi connectivity index (χ2v) is 5.13. The summed E-state index contributed by atoms with van der Waals surface area (Å²) in [6.45, 7) is 3.49. The molecule has 1 aliphatic carbocycles. The molecule has 4 heteroatoms. The Bertz CT molecular complexity index is 393. The number of rotatable bonds is 5. The van der Waals surface area contributed by atoms with E-state index in [1.165, 1.54) is 18.9 Å². The largest absolute Gasteiger partial charge is 0.329 e. The van der Waals surface area contributed by atoms with Crippen molar-refractivity contribution >= 4 is 12.4 Å². The summed E-state index contributed by atoms with van der Waals surface area (Å²) in [6, 6.07) is 5.43. The van der Waals surface area contributed by atoms with Crippen molar-refractivity contribution in [2.45, 2.75) is 32.4 Å². The van der Waals surface area contributed by atoms with Crippen LogP contribution in [0.3, 0.4) is 0 Å². The summed E-state index contributed by atoms with van der Waals surface area (Å²) < 4.78 is 13.2. The fraction of sp³-hybridized carbons (Fsp3) is 0.571. The minimum absolute atomic E-state index is 0. The Morgan fingerprint density at radius 1 is 1.44 bits per heavy atom. The quantitative estimate of drug-likeness (QED) is 0.893. The maximum absolute atomic E-state index is 13.2. The minimum Gasteiger partial charge on any atom is -0.329 e. The SMILES string of the molecule is Cc1ccc(F)cc1CN(C)C(CN)C1CC1.Cl. The van der Waals surface area contributed by atoms with Gasteiger partial charge in [-0.25, -0.2) is 4.39 Å². The molecular formula is C14H22ClFN2. The standard InChI is InChI=1S/C14H21FN2.ClH/c1-10-3-6-13(15)7-12(10)9-17(2)14(8-16)11-4-5-11;/h3,6-7,11,14H,4-5,8-9,16H2,1-2H3;1H. The Kier molecular flexibility index (Phi) is 5.57. The van der Waals surface area contributed by atoms with E-state index in [4.69, 9.17) is 5.73 Å². The van der Waals surface area contributed by atoms with Crippen LogP contribution in [0.5, 0.6) is 0 Å². The molecule has 18 heavy (non-hydrogen) atoms. The first-order chi connectivity index (χ1) is 8.11. The lowest BCUT2D eigenvalue weighted by atomic mass is 10.1. The van der Waals surface area contributed by atoms with Crippen LogP contribution in [-0.4, -0.2) is 24.5 Å². The van der Waals surface area contributed by atoms with E-state index < -0.39 is 0 Å². The molecule has 1 unspecified atom stereocenters. The lowest BCUT2D eigenvalue weighted by Crippen LogP contribution is -2.39. The van der Waals surface area contributed by atoms with Crippen LogP contribution in [0.2, 0.25) is 0 Å². The van der Waals surface area contributed by atoms with Gasteiger partial charge < -0.3 is 5.73 Å². The number of halogens is 2. The van der Waals surface area contributed by atoms with Crippen LogP contribution in [0.4, 0.5) is 4.39 Å². The van der Waals surface area contributed by atoms with Gasteiger partial charge in [0.1, 0.15) is 5.82 Å². The molecule has 0 aliphatic heterocycles. The second kappa shape index (κ2) is 6.50. The Labute approximate surface area is 115 Å². The summed E-state index contributed by atoms with van der Waals surface area (Å²) >= 11 is 0. The van der Waals surface area contributed by atoms with E-state index in [-0.39, 0.29) is 18.2 Å². The molecular weight excluding hydrogens is 251 g/mol. The van der Waals surface area contributed by atoms with Crippen molar-refractivity contribution in [2.24, 2.45) is 11.7 Å². The molecule has 102 valence electrons. The Hall–Kier alpha value is -0.640. The molecule has 0 spiro atoms. The van der Waals surface area contributed by atoms with Crippen molar-refractivity contribution in [1.29, 1.82) is 0 Å². The molecule has 1 aliphatic rings. The summed E-state index contributed by atoms with van der Waals surface area (Å²) in [4.78, 5) is 2.26. The Morgan fingerprint density at radius 3 is 2.67 bits per heavy atom. The van der Waals surface area contributed by atoms with Crippen molar-refractivity contribution in [3.05, 3.63) is 35.1 Å². The number of nitrogens with zero attached hydrogens (tertiary/aromatic N) is 1. The lowest BCUT2D eigenvalue weighted by molar-refractivity contribution is 0.215. The van der Waals surface area contributed by atoms with E-state index in [0.29, 0.717) is 12.6 Å². The van der Waals surface area contributed by atoms with E-state index in [2.05, 4.69) is 11.9 Å². The summed E-state index contributed by atoms with van der Waals surface area (Å²) in [7, 11) is 2.08. The zero-order valence-corrected chi connectivity index (χ0v) is 11.8. The van der Waals surface area contributed by atoms with Gasteiger partial charge in [-0.2, -0.15) is 0 Å². The zero-order valence-electron chi connectivity index (χ0n) is 11.0. The van der Waals surface area contributed by atoms with Gasteiger partial charge in [0, 0.05) is 19.1 Å². The highest BCUT2D eigenvalue weighted by molar-refractivity contribution is 5.85. The third-order valence-electron chi connectivity index (χ3n) is 3.70. The molecule has 0 amide bonds. The molecule has 0 heterocycles. The third kappa shape index (κ3) is 3.67. The molecule has 1 fully saturated rings. The van der Waals surface area contributed by atoms with Gasteiger partial charge in [0.05, 0.1) is 0 Å². The van der Waals surface area contributed by atoms with Crippen LogP contribution in [0.25, 0.3) is 0 Å². The number of likely N-dealkylation sites (N-methyl/N-ethyl adjacent to an activating group) is 1. The number of aryl methyl sites for hydroxylation is 1. The molecule has 2 nitrogen and oxygen atoms in total. The van der Waals surface area contributed by atoms with Crippen molar-refractivity contribution in [3.8, 4) is 0 Å². The lowest BCUT2D eigenvalue weighted by Gasteiger charge is -2.27. The smallest absolute Gasteiger partial charge is 0.123 e. The maximum atomic E-state index is 13.2.